The molecular weight excluding hydrogens is 282 g/mol. The number of sulfone groups is 1. The summed E-state index contributed by atoms with van der Waals surface area (Å²) >= 11 is 0. The van der Waals surface area contributed by atoms with Crippen molar-refractivity contribution in [1.82, 2.24) is 5.32 Å². The molecule has 1 aliphatic heterocycles. The summed E-state index contributed by atoms with van der Waals surface area (Å²) in [5, 5.41) is 3.51. The Labute approximate surface area is 129 Å². The number of rotatable bonds is 3. The van der Waals surface area contributed by atoms with Crippen LogP contribution in [0.1, 0.15) is 58.2 Å². The van der Waals surface area contributed by atoms with Gasteiger partial charge >= 0.3 is 0 Å². The second kappa shape index (κ2) is 5.40. The Morgan fingerprint density at radius 2 is 1.76 bits per heavy atom. The molecule has 4 heteroatoms. The van der Waals surface area contributed by atoms with Crippen LogP contribution in [0.15, 0.2) is 24.3 Å². The lowest BCUT2D eigenvalue weighted by Crippen LogP contribution is -2.44. The number of hydrogen-bond donors (Lipinski definition) is 1. The first-order valence-electron chi connectivity index (χ1n) is 7.59. The van der Waals surface area contributed by atoms with Crippen LogP contribution in [-0.4, -0.2) is 25.5 Å². The van der Waals surface area contributed by atoms with Crippen molar-refractivity contribution in [2.75, 3.05) is 11.5 Å². The molecule has 0 bridgehead atoms. The Bertz CT molecular complexity index is 599. The van der Waals surface area contributed by atoms with E-state index >= 15 is 0 Å². The van der Waals surface area contributed by atoms with Crippen LogP contribution in [0.4, 0.5) is 0 Å². The molecule has 1 saturated heterocycles. The minimum atomic E-state index is -2.87. The standard InChI is InChI=1S/C17H27NO2S/c1-13(18-17(5)10-11-21(19,20)12-17)14-6-8-15(9-7-14)16(2,3)4/h6-9,13,18H,10-12H2,1-5H3. The van der Waals surface area contributed by atoms with Crippen molar-refractivity contribution in [2.24, 2.45) is 0 Å². The van der Waals surface area contributed by atoms with Crippen molar-refractivity contribution in [2.45, 2.75) is 58.0 Å². The third-order valence-corrected chi connectivity index (χ3v) is 6.25. The van der Waals surface area contributed by atoms with Crippen LogP contribution in [0.2, 0.25) is 0 Å². The van der Waals surface area contributed by atoms with Crippen LogP contribution in [-0.2, 0) is 15.3 Å². The summed E-state index contributed by atoms with van der Waals surface area (Å²) in [4.78, 5) is 0. The largest absolute Gasteiger partial charge is 0.304 e. The zero-order valence-electron chi connectivity index (χ0n) is 13.7. The fourth-order valence-electron chi connectivity index (χ4n) is 3.00. The van der Waals surface area contributed by atoms with Gasteiger partial charge in [0.2, 0.25) is 0 Å². The Morgan fingerprint density at radius 1 is 1.19 bits per heavy atom. The highest BCUT2D eigenvalue weighted by Crippen LogP contribution is 2.28. The monoisotopic (exact) mass is 309 g/mol. The van der Waals surface area contributed by atoms with E-state index in [0.29, 0.717) is 12.2 Å². The van der Waals surface area contributed by atoms with Crippen LogP contribution in [0.3, 0.4) is 0 Å². The summed E-state index contributed by atoms with van der Waals surface area (Å²) in [7, 11) is -2.87. The molecule has 21 heavy (non-hydrogen) atoms. The molecule has 0 spiro atoms. The minimum Gasteiger partial charge on any atom is -0.304 e. The Balaban J connectivity index is 2.09. The van der Waals surface area contributed by atoms with Crippen molar-refractivity contribution >= 4 is 9.84 Å². The van der Waals surface area contributed by atoms with Gasteiger partial charge in [0.05, 0.1) is 11.5 Å². The van der Waals surface area contributed by atoms with Crippen molar-refractivity contribution in [3.05, 3.63) is 35.4 Å². The molecule has 1 aliphatic rings. The molecule has 1 N–H and O–H groups in total. The molecule has 2 atom stereocenters. The number of hydrogen-bond acceptors (Lipinski definition) is 3. The van der Waals surface area contributed by atoms with Gasteiger partial charge in [-0.05, 0) is 36.8 Å². The van der Waals surface area contributed by atoms with Crippen LogP contribution in [0.25, 0.3) is 0 Å². The SMILES string of the molecule is CC(NC1(C)CCS(=O)(=O)C1)c1ccc(C(C)(C)C)cc1. The number of nitrogens with one attached hydrogen (secondary N) is 1. The summed E-state index contributed by atoms with van der Waals surface area (Å²) in [6, 6.07) is 8.77. The van der Waals surface area contributed by atoms with E-state index in [1.807, 2.05) is 6.92 Å². The zero-order valence-corrected chi connectivity index (χ0v) is 14.5. The zero-order chi connectivity index (χ0) is 15.9. The first-order valence-corrected chi connectivity index (χ1v) is 9.42. The highest BCUT2D eigenvalue weighted by atomic mass is 32.2. The van der Waals surface area contributed by atoms with Crippen LogP contribution in [0, 0.1) is 0 Å². The van der Waals surface area contributed by atoms with Crippen molar-refractivity contribution in [1.29, 1.82) is 0 Å². The lowest BCUT2D eigenvalue weighted by atomic mass is 9.86. The van der Waals surface area contributed by atoms with Crippen molar-refractivity contribution in [3.8, 4) is 0 Å². The lowest BCUT2D eigenvalue weighted by Gasteiger charge is -2.29. The molecule has 0 amide bonds. The second-order valence-electron chi connectivity index (χ2n) is 7.64. The van der Waals surface area contributed by atoms with Gasteiger partial charge in [-0.1, -0.05) is 45.0 Å². The summed E-state index contributed by atoms with van der Waals surface area (Å²) in [5.41, 5.74) is 2.36. The van der Waals surface area contributed by atoms with E-state index in [1.165, 1.54) is 11.1 Å². The van der Waals surface area contributed by atoms with Gasteiger partial charge < -0.3 is 5.32 Å². The topological polar surface area (TPSA) is 46.2 Å². The summed E-state index contributed by atoms with van der Waals surface area (Å²) < 4.78 is 23.4. The fourth-order valence-corrected chi connectivity index (χ4v) is 5.11. The van der Waals surface area contributed by atoms with Gasteiger partial charge in [-0.15, -0.1) is 0 Å². The first kappa shape index (κ1) is 16.5. The lowest BCUT2D eigenvalue weighted by molar-refractivity contribution is 0.355. The molecule has 0 saturated carbocycles. The highest BCUT2D eigenvalue weighted by Gasteiger charge is 2.39. The molecule has 0 aliphatic carbocycles. The van der Waals surface area contributed by atoms with E-state index in [-0.39, 0.29) is 22.7 Å². The van der Waals surface area contributed by atoms with Gasteiger partial charge in [0.25, 0.3) is 0 Å². The molecule has 2 rings (SSSR count). The second-order valence-corrected chi connectivity index (χ2v) is 9.82. The van der Waals surface area contributed by atoms with Gasteiger partial charge in [0.15, 0.2) is 9.84 Å². The minimum absolute atomic E-state index is 0.150. The number of benzene rings is 1. The van der Waals surface area contributed by atoms with Gasteiger partial charge in [-0.2, -0.15) is 0 Å². The first-order chi connectivity index (χ1) is 9.51. The molecule has 0 aromatic heterocycles. The molecule has 1 heterocycles. The maximum atomic E-state index is 11.7. The Kier molecular flexibility index (Phi) is 4.24. The summed E-state index contributed by atoms with van der Waals surface area (Å²) in [6.07, 6.45) is 0.694. The molecule has 1 fully saturated rings. The molecule has 2 unspecified atom stereocenters. The maximum absolute atomic E-state index is 11.7. The van der Waals surface area contributed by atoms with E-state index in [1.54, 1.807) is 0 Å². The van der Waals surface area contributed by atoms with E-state index in [0.717, 1.165) is 0 Å². The van der Waals surface area contributed by atoms with Crippen LogP contribution < -0.4 is 5.32 Å². The van der Waals surface area contributed by atoms with Gasteiger partial charge in [0, 0.05) is 11.6 Å². The quantitative estimate of drug-likeness (QED) is 0.932. The Hall–Kier alpha value is -0.870. The maximum Gasteiger partial charge on any atom is 0.152 e. The highest BCUT2D eigenvalue weighted by molar-refractivity contribution is 7.91. The third-order valence-electron chi connectivity index (χ3n) is 4.35. The van der Waals surface area contributed by atoms with Crippen molar-refractivity contribution < 1.29 is 8.42 Å². The predicted octanol–water partition coefficient (Wildman–Crippen LogP) is 3.21. The molecule has 1 aromatic carbocycles. The summed E-state index contributed by atoms with van der Waals surface area (Å²) in [5.74, 6) is 0.538. The van der Waals surface area contributed by atoms with Crippen LogP contribution >= 0.6 is 0 Å². The molecule has 0 radical (unpaired) electrons. The average Bonchev–Trinajstić information content (AvgIpc) is 2.62. The smallest absolute Gasteiger partial charge is 0.152 e. The van der Waals surface area contributed by atoms with Crippen LogP contribution in [0.5, 0.6) is 0 Å². The van der Waals surface area contributed by atoms with Gasteiger partial charge in [-0.25, -0.2) is 8.42 Å². The fraction of sp³-hybridized carbons (Fsp3) is 0.647. The molecule has 3 nitrogen and oxygen atoms in total. The molecule has 1 aromatic rings. The summed E-state index contributed by atoms with van der Waals surface area (Å²) in [6.45, 7) is 10.7. The predicted molar refractivity (Wildman–Crippen MR) is 88.4 cm³/mol. The van der Waals surface area contributed by atoms with Gasteiger partial charge in [-0.3, -0.25) is 0 Å². The van der Waals surface area contributed by atoms with Crippen molar-refractivity contribution in [3.63, 3.8) is 0 Å². The normalized spacial score (nSPS) is 26.7. The molecular formula is C17H27NO2S. The Morgan fingerprint density at radius 3 is 2.19 bits per heavy atom. The molecule has 118 valence electrons. The third kappa shape index (κ3) is 4.07. The van der Waals surface area contributed by atoms with E-state index in [4.69, 9.17) is 0 Å². The van der Waals surface area contributed by atoms with Gasteiger partial charge in [0.1, 0.15) is 0 Å². The van der Waals surface area contributed by atoms with E-state index in [2.05, 4.69) is 57.3 Å². The van der Waals surface area contributed by atoms with E-state index < -0.39 is 9.84 Å². The average molecular weight is 309 g/mol. The van der Waals surface area contributed by atoms with E-state index in [9.17, 15) is 8.42 Å².